The fourth-order valence-corrected chi connectivity index (χ4v) is 2.04. The third-order valence-electron chi connectivity index (χ3n) is 3.05. The van der Waals surface area contributed by atoms with Crippen LogP contribution in [0.5, 0.6) is 0 Å². The van der Waals surface area contributed by atoms with E-state index in [1.165, 1.54) is 7.11 Å². The van der Waals surface area contributed by atoms with E-state index < -0.39 is 17.7 Å². The second kappa shape index (κ2) is 7.16. The van der Waals surface area contributed by atoms with Crippen LogP contribution in [0.25, 0.3) is 17.0 Å². The molecule has 1 aromatic heterocycles. The Morgan fingerprint density at radius 3 is 2.75 bits per heavy atom. The quantitative estimate of drug-likeness (QED) is 0.840. The Morgan fingerprint density at radius 2 is 2.08 bits per heavy atom. The molecule has 128 valence electrons. The summed E-state index contributed by atoms with van der Waals surface area (Å²) in [6, 6.07) is 5.16. The number of nitrogens with zero attached hydrogens (tertiary/aromatic N) is 1. The minimum Gasteiger partial charge on any atom is -0.465 e. The number of hydrogen-bond donors (Lipinski definition) is 2. The van der Waals surface area contributed by atoms with Crippen molar-refractivity contribution < 1.29 is 19.1 Å². The van der Waals surface area contributed by atoms with E-state index in [-0.39, 0.29) is 0 Å². The number of ether oxygens (including phenoxy) is 2. The number of aromatic nitrogens is 2. The lowest BCUT2D eigenvalue weighted by molar-refractivity contribution is 0.0532. The molecule has 0 spiro atoms. The molecule has 0 saturated carbocycles. The number of carbonyl (C=O) groups excluding carboxylic acids is 2. The Hall–Kier alpha value is -2.83. The smallest absolute Gasteiger partial charge is 0.407 e. The Balaban J connectivity index is 2.00. The van der Waals surface area contributed by atoms with Crippen LogP contribution in [0, 0.1) is 0 Å². The van der Waals surface area contributed by atoms with E-state index in [2.05, 4.69) is 20.3 Å². The van der Waals surface area contributed by atoms with E-state index in [1.54, 1.807) is 51.1 Å². The van der Waals surface area contributed by atoms with Gasteiger partial charge in [-0.2, -0.15) is 5.10 Å². The highest BCUT2D eigenvalue weighted by atomic mass is 16.6. The van der Waals surface area contributed by atoms with Gasteiger partial charge in [0.2, 0.25) is 0 Å². The third kappa shape index (κ3) is 4.58. The van der Waals surface area contributed by atoms with Crippen LogP contribution in [-0.4, -0.2) is 41.5 Å². The van der Waals surface area contributed by atoms with Crippen molar-refractivity contribution in [1.82, 2.24) is 15.5 Å². The number of rotatable bonds is 4. The highest BCUT2D eigenvalue weighted by Crippen LogP contribution is 2.19. The van der Waals surface area contributed by atoms with Crippen molar-refractivity contribution in [2.24, 2.45) is 0 Å². The summed E-state index contributed by atoms with van der Waals surface area (Å²) in [5.74, 6) is -0.398. The molecule has 2 aromatic rings. The van der Waals surface area contributed by atoms with Crippen LogP contribution >= 0.6 is 0 Å². The number of H-pyrrole nitrogens is 1. The number of amides is 1. The third-order valence-corrected chi connectivity index (χ3v) is 3.05. The first-order valence-electron chi connectivity index (χ1n) is 7.50. The molecule has 1 heterocycles. The first kappa shape index (κ1) is 17.5. The van der Waals surface area contributed by atoms with Gasteiger partial charge >= 0.3 is 12.1 Å². The first-order chi connectivity index (χ1) is 11.3. The van der Waals surface area contributed by atoms with Gasteiger partial charge in [0.15, 0.2) is 0 Å². The van der Waals surface area contributed by atoms with E-state index in [0.717, 1.165) is 10.9 Å². The molecule has 1 aromatic carbocycles. The molecule has 7 heteroatoms. The molecule has 2 rings (SSSR count). The average Bonchev–Trinajstić information content (AvgIpc) is 2.91. The lowest BCUT2D eigenvalue weighted by Crippen LogP contribution is -2.32. The van der Waals surface area contributed by atoms with Crippen molar-refractivity contribution in [2.45, 2.75) is 26.4 Å². The van der Waals surface area contributed by atoms with Gasteiger partial charge in [-0.25, -0.2) is 9.59 Å². The zero-order valence-corrected chi connectivity index (χ0v) is 14.2. The zero-order chi connectivity index (χ0) is 17.7. The maximum Gasteiger partial charge on any atom is 0.407 e. The number of aromatic amines is 1. The molecule has 0 atom stereocenters. The van der Waals surface area contributed by atoms with Crippen LogP contribution in [-0.2, 0) is 9.47 Å². The zero-order valence-electron chi connectivity index (χ0n) is 14.2. The molecule has 0 aliphatic carbocycles. The van der Waals surface area contributed by atoms with Crippen molar-refractivity contribution in [3.63, 3.8) is 0 Å². The first-order valence-corrected chi connectivity index (χ1v) is 7.50. The molecule has 1 amide bonds. The second-order valence-corrected chi connectivity index (χ2v) is 6.15. The summed E-state index contributed by atoms with van der Waals surface area (Å²) in [6.07, 6.45) is 3.09. The van der Waals surface area contributed by atoms with E-state index in [0.29, 0.717) is 17.8 Å². The van der Waals surface area contributed by atoms with Gasteiger partial charge in [0, 0.05) is 11.9 Å². The predicted octanol–water partition coefficient (Wildman–Crippen LogP) is 2.89. The number of fused-ring (bicyclic) bond motifs is 1. The van der Waals surface area contributed by atoms with E-state index in [9.17, 15) is 9.59 Å². The molecule has 0 fully saturated rings. The SMILES string of the molecule is COC(=O)c1ccc2c(C=CCNC(=O)OC(C)(C)C)n[nH]c2c1. The van der Waals surface area contributed by atoms with Gasteiger partial charge in [-0.3, -0.25) is 5.10 Å². The molecule has 0 aliphatic rings. The Labute approximate surface area is 140 Å². The minimum atomic E-state index is -0.524. The number of esters is 1. The van der Waals surface area contributed by atoms with Gasteiger partial charge in [-0.05, 0) is 45.0 Å². The van der Waals surface area contributed by atoms with Crippen LogP contribution in [0.3, 0.4) is 0 Å². The van der Waals surface area contributed by atoms with Gasteiger partial charge in [0.1, 0.15) is 5.60 Å². The highest BCUT2D eigenvalue weighted by Gasteiger charge is 2.15. The monoisotopic (exact) mass is 331 g/mol. The normalized spacial score (nSPS) is 11.7. The number of nitrogens with one attached hydrogen (secondary N) is 2. The lowest BCUT2D eigenvalue weighted by atomic mass is 10.1. The van der Waals surface area contributed by atoms with Gasteiger partial charge in [0.25, 0.3) is 0 Å². The number of methoxy groups -OCH3 is 1. The highest BCUT2D eigenvalue weighted by molar-refractivity contribution is 5.96. The largest absolute Gasteiger partial charge is 0.465 e. The molecule has 0 unspecified atom stereocenters. The number of benzene rings is 1. The summed E-state index contributed by atoms with van der Waals surface area (Å²) in [6.45, 7) is 5.74. The van der Waals surface area contributed by atoms with E-state index in [4.69, 9.17) is 4.74 Å². The van der Waals surface area contributed by atoms with Gasteiger partial charge in [-0.1, -0.05) is 6.08 Å². The van der Waals surface area contributed by atoms with Crippen LogP contribution in [0.2, 0.25) is 0 Å². The van der Waals surface area contributed by atoms with Gasteiger partial charge < -0.3 is 14.8 Å². The summed E-state index contributed by atoms with van der Waals surface area (Å²) in [7, 11) is 1.34. The van der Waals surface area contributed by atoms with Crippen molar-refractivity contribution in [3.05, 3.63) is 35.5 Å². The van der Waals surface area contributed by atoms with Crippen molar-refractivity contribution in [1.29, 1.82) is 0 Å². The van der Waals surface area contributed by atoms with Crippen LogP contribution in [0.4, 0.5) is 4.79 Å². The number of carbonyl (C=O) groups is 2. The maximum absolute atomic E-state index is 11.5. The summed E-state index contributed by atoms with van der Waals surface area (Å²) < 4.78 is 9.83. The van der Waals surface area contributed by atoms with E-state index in [1.807, 2.05) is 0 Å². The molecule has 24 heavy (non-hydrogen) atoms. The molecule has 0 saturated heterocycles. The fraction of sp³-hybridized carbons (Fsp3) is 0.353. The average molecular weight is 331 g/mol. The molecule has 0 radical (unpaired) electrons. The van der Waals surface area contributed by atoms with Crippen molar-refractivity contribution in [2.75, 3.05) is 13.7 Å². The lowest BCUT2D eigenvalue weighted by Gasteiger charge is -2.19. The fourth-order valence-electron chi connectivity index (χ4n) is 2.04. The Morgan fingerprint density at radius 1 is 1.33 bits per heavy atom. The molecule has 7 nitrogen and oxygen atoms in total. The number of hydrogen-bond acceptors (Lipinski definition) is 5. The van der Waals surface area contributed by atoms with Crippen molar-refractivity contribution in [3.8, 4) is 0 Å². The summed E-state index contributed by atoms with van der Waals surface area (Å²) in [5.41, 5.74) is 1.38. The molecule has 0 bridgehead atoms. The molecular weight excluding hydrogens is 310 g/mol. The topological polar surface area (TPSA) is 93.3 Å². The van der Waals surface area contributed by atoms with Crippen LogP contribution < -0.4 is 5.32 Å². The summed E-state index contributed by atoms with van der Waals surface area (Å²) in [4.78, 5) is 23.0. The Bertz CT molecular complexity index is 772. The minimum absolute atomic E-state index is 0.323. The van der Waals surface area contributed by atoms with Crippen molar-refractivity contribution >= 4 is 29.0 Å². The molecule has 2 N–H and O–H groups in total. The maximum atomic E-state index is 11.5. The van der Waals surface area contributed by atoms with E-state index >= 15 is 0 Å². The summed E-state index contributed by atoms with van der Waals surface area (Å²) in [5, 5.41) is 10.6. The van der Waals surface area contributed by atoms with Gasteiger partial charge in [0.05, 0.1) is 23.9 Å². The Kier molecular flexibility index (Phi) is 5.23. The van der Waals surface area contributed by atoms with Crippen LogP contribution in [0.1, 0.15) is 36.8 Å². The standard InChI is InChI=1S/C17H21N3O4/c1-17(2,3)24-16(22)18-9-5-6-13-12-8-7-11(15(21)23-4)10-14(12)20-19-13/h5-8,10H,9H2,1-4H3,(H,18,22)(H,19,20). The number of alkyl carbamates (subject to hydrolysis) is 1. The van der Waals surface area contributed by atoms with Gasteiger partial charge in [-0.15, -0.1) is 0 Å². The predicted molar refractivity (Wildman–Crippen MR) is 90.7 cm³/mol. The summed E-state index contributed by atoms with van der Waals surface area (Å²) >= 11 is 0. The van der Waals surface area contributed by atoms with Crippen LogP contribution in [0.15, 0.2) is 24.3 Å². The second-order valence-electron chi connectivity index (χ2n) is 6.15. The molecular formula is C17H21N3O4. The molecule has 0 aliphatic heterocycles.